The molecule has 1 aliphatic heterocycles. The first kappa shape index (κ1) is 19.3. The lowest BCUT2D eigenvalue weighted by molar-refractivity contribution is 0.0624. The van der Waals surface area contributed by atoms with Gasteiger partial charge in [0.25, 0.3) is 5.91 Å². The summed E-state index contributed by atoms with van der Waals surface area (Å²) in [6.45, 7) is 7.70. The largest absolute Gasteiger partial charge is 0.479 e. The SMILES string of the molecule is COc1nn(C)cc1C(=O)N1CCN(Cc2c(C)noc2C)CC1.Cl. The van der Waals surface area contributed by atoms with E-state index in [1.165, 1.54) is 7.11 Å². The number of carbonyl (C=O) groups excluding carboxylic acids is 1. The van der Waals surface area contributed by atoms with E-state index >= 15 is 0 Å². The van der Waals surface area contributed by atoms with E-state index in [4.69, 9.17) is 9.26 Å². The van der Waals surface area contributed by atoms with E-state index in [1.54, 1.807) is 17.9 Å². The minimum Gasteiger partial charge on any atom is -0.479 e. The molecular weight excluding hydrogens is 346 g/mol. The molecule has 3 rings (SSSR count). The summed E-state index contributed by atoms with van der Waals surface area (Å²) in [5.74, 6) is 1.21. The highest BCUT2D eigenvalue weighted by Crippen LogP contribution is 2.20. The fourth-order valence-corrected chi connectivity index (χ4v) is 3.00. The van der Waals surface area contributed by atoms with Crippen LogP contribution in [0.15, 0.2) is 10.7 Å². The normalized spacial score (nSPS) is 15.1. The first-order valence-electron chi connectivity index (χ1n) is 8.00. The number of carbonyl (C=O) groups is 1. The van der Waals surface area contributed by atoms with Crippen LogP contribution in [-0.2, 0) is 13.6 Å². The Morgan fingerprint density at radius 1 is 1.28 bits per heavy atom. The van der Waals surface area contributed by atoms with Gasteiger partial charge in [-0.05, 0) is 13.8 Å². The maximum atomic E-state index is 12.7. The minimum atomic E-state index is -0.0306. The van der Waals surface area contributed by atoms with Gasteiger partial charge in [-0.2, -0.15) is 0 Å². The first-order chi connectivity index (χ1) is 11.5. The molecule has 0 atom stereocenters. The molecule has 2 aromatic heterocycles. The Labute approximate surface area is 153 Å². The molecule has 1 fully saturated rings. The van der Waals surface area contributed by atoms with Gasteiger partial charge in [-0.25, -0.2) is 0 Å². The Bertz CT molecular complexity index is 715. The topological polar surface area (TPSA) is 76.6 Å². The number of hydrogen-bond donors (Lipinski definition) is 0. The van der Waals surface area contributed by atoms with Gasteiger partial charge in [0, 0.05) is 51.5 Å². The average Bonchev–Trinajstić information content (AvgIpc) is 3.11. The number of ether oxygens (including phenoxy) is 1. The predicted octanol–water partition coefficient (Wildman–Crippen LogP) is 1.41. The molecule has 0 radical (unpaired) electrons. The highest BCUT2D eigenvalue weighted by molar-refractivity contribution is 5.96. The number of halogens is 1. The molecule has 25 heavy (non-hydrogen) atoms. The van der Waals surface area contributed by atoms with Crippen LogP contribution in [0.25, 0.3) is 0 Å². The van der Waals surface area contributed by atoms with Gasteiger partial charge in [-0.3, -0.25) is 14.4 Å². The van der Waals surface area contributed by atoms with Crippen LogP contribution < -0.4 is 4.74 Å². The number of nitrogens with zero attached hydrogens (tertiary/aromatic N) is 5. The van der Waals surface area contributed by atoms with Crippen molar-refractivity contribution >= 4 is 18.3 Å². The third kappa shape index (κ3) is 3.96. The van der Waals surface area contributed by atoms with Gasteiger partial charge >= 0.3 is 0 Å². The molecule has 0 aromatic carbocycles. The first-order valence-corrected chi connectivity index (χ1v) is 8.00. The van der Waals surface area contributed by atoms with Crippen LogP contribution in [0.1, 0.15) is 27.4 Å². The number of aromatic nitrogens is 3. The smallest absolute Gasteiger partial charge is 0.261 e. The van der Waals surface area contributed by atoms with E-state index in [9.17, 15) is 4.79 Å². The Morgan fingerprint density at radius 2 is 1.96 bits per heavy atom. The molecule has 1 aliphatic rings. The van der Waals surface area contributed by atoms with Gasteiger partial charge in [-0.1, -0.05) is 5.16 Å². The van der Waals surface area contributed by atoms with Crippen molar-refractivity contribution in [3.8, 4) is 5.88 Å². The molecular formula is C16H24ClN5O3. The van der Waals surface area contributed by atoms with Crippen molar-refractivity contribution in [2.45, 2.75) is 20.4 Å². The van der Waals surface area contributed by atoms with Crippen LogP contribution in [0.2, 0.25) is 0 Å². The fourth-order valence-electron chi connectivity index (χ4n) is 3.00. The van der Waals surface area contributed by atoms with Gasteiger partial charge in [0.05, 0.1) is 12.8 Å². The van der Waals surface area contributed by atoms with Crippen molar-refractivity contribution in [1.29, 1.82) is 0 Å². The van der Waals surface area contributed by atoms with Gasteiger partial charge in [0.2, 0.25) is 5.88 Å². The van der Waals surface area contributed by atoms with E-state index in [0.29, 0.717) is 24.5 Å². The molecule has 1 saturated heterocycles. The van der Waals surface area contributed by atoms with Crippen LogP contribution in [-0.4, -0.2) is 63.9 Å². The molecule has 9 heteroatoms. The lowest BCUT2D eigenvalue weighted by Gasteiger charge is -2.34. The molecule has 2 aromatic rings. The molecule has 1 amide bonds. The number of amides is 1. The number of piperazine rings is 1. The quantitative estimate of drug-likeness (QED) is 0.811. The van der Waals surface area contributed by atoms with Gasteiger partial charge in [0.1, 0.15) is 11.3 Å². The van der Waals surface area contributed by atoms with E-state index in [1.807, 2.05) is 18.7 Å². The van der Waals surface area contributed by atoms with Crippen LogP contribution >= 0.6 is 12.4 Å². The third-order valence-electron chi connectivity index (χ3n) is 4.44. The van der Waals surface area contributed by atoms with Crippen molar-refractivity contribution in [3.63, 3.8) is 0 Å². The molecule has 3 heterocycles. The lowest BCUT2D eigenvalue weighted by atomic mass is 10.1. The summed E-state index contributed by atoms with van der Waals surface area (Å²) in [5, 5.41) is 8.15. The van der Waals surface area contributed by atoms with Gasteiger partial charge in [-0.15, -0.1) is 17.5 Å². The van der Waals surface area contributed by atoms with Crippen molar-refractivity contribution in [1.82, 2.24) is 24.7 Å². The third-order valence-corrected chi connectivity index (χ3v) is 4.44. The zero-order valence-corrected chi connectivity index (χ0v) is 15.8. The van der Waals surface area contributed by atoms with E-state index in [0.717, 1.165) is 36.7 Å². The summed E-state index contributed by atoms with van der Waals surface area (Å²) < 4.78 is 12.0. The summed E-state index contributed by atoms with van der Waals surface area (Å²) in [6, 6.07) is 0. The van der Waals surface area contributed by atoms with Gasteiger partial charge < -0.3 is 14.2 Å². The Balaban J connectivity index is 0.00000225. The summed E-state index contributed by atoms with van der Waals surface area (Å²) >= 11 is 0. The van der Waals surface area contributed by atoms with Crippen LogP contribution in [0.4, 0.5) is 0 Å². The maximum Gasteiger partial charge on any atom is 0.261 e. The predicted molar refractivity (Wildman–Crippen MR) is 94.2 cm³/mol. The average molecular weight is 370 g/mol. The Kier molecular flexibility index (Phi) is 6.07. The lowest BCUT2D eigenvalue weighted by Crippen LogP contribution is -2.48. The minimum absolute atomic E-state index is 0. The second-order valence-electron chi connectivity index (χ2n) is 6.10. The second kappa shape index (κ2) is 7.88. The summed E-state index contributed by atoms with van der Waals surface area (Å²) in [4.78, 5) is 16.8. The van der Waals surface area contributed by atoms with Crippen molar-refractivity contribution in [2.24, 2.45) is 7.05 Å². The number of methoxy groups -OCH3 is 1. The molecule has 0 bridgehead atoms. The molecule has 8 nitrogen and oxygen atoms in total. The zero-order valence-electron chi connectivity index (χ0n) is 15.0. The Morgan fingerprint density at radius 3 is 2.52 bits per heavy atom. The van der Waals surface area contributed by atoms with Crippen molar-refractivity contribution in [2.75, 3.05) is 33.3 Å². The summed E-state index contributed by atoms with van der Waals surface area (Å²) in [6.07, 6.45) is 1.71. The van der Waals surface area contributed by atoms with Crippen LogP contribution in [0.5, 0.6) is 5.88 Å². The van der Waals surface area contributed by atoms with Crippen LogP contribution in [0, 0.1) is 13.8 Å². The van der Waals surface area contributed by atoms with Crippen LogP contribution in [0.3, 0.4) is 0 Å². The molecule has 138 valence electrons. The second-order valence-corrected chi connectivity index (χ2v) is 6.10. The molecule has 0 saturated carbocycles. The van der Waals surface area contributed by atoms with Gasteiger partial charge in [0.15, 0.2) is 0 Å². The highest BCUT2D eigenvalue weighted by Gasteiger charge is 2.26. The fraction of sp³-hybridized carbons (Fsp3) is 0.562. The number of rotatable bonds is 4. The molecule has 0 N–H and O–H groups in total. The summed E-state index contributed by atoms with van der Waals surface area (Å²) in [5.41, 5.74) is 2.59. The van der Waals surface area contributed by atoms with E-state index < -0.39 is 0 Å². The molecule has 0 spiro atoms. The molecule has 0 aliphatic carbocycles. The van der Waals surface area contributed by atoms with E-state index in [-0.39, 0.29) is 18.3 Å². The highest BCUT2D eigenvalue weighted by atomic mass is 35.5. The van der Waals surface area contributed by atoms with E-state index in [2.05, 4.69) is 15.2 Å². The molecule has 0 unspecified atom stereocenters. The van der Waals surface area contributed by atoms with Crippen molar-refractivity contribution in [3.05, 3.63) is 28.8 Å². The zero-order chi connectivity index (χ0) is 17.3. The van der Waals surface area contributed by atoms with Crippen molar-refractivity contribution < 1.29 is 14.1 Å². The maximum absolute atomic E-state index is 12.7. The number of hydrogen-bond acceptors (Lipinski definition) is 6. The monoisotopic (exact) mass is 369 g/mol. The standard InChI is InChI=1S/C16H23N5O3.ClH/c1-11-13(12(2)24-18-11)10-20-5-7-21(8-6-20)16(22)14-9-19(3)17-15(14)23-4;/h9H,5-8,10H2,1-4H3;1H. The number of aryl methyl sites for hydroxylation is 3. The summed E-state index contributed by atoms with van der Waals surface area (Å²) in [7, 11) is 3.31. The Hall–Kier alpha value is -2.06.